The van der Waals surface area contributed by atoms with E-state index in [9.17, 15) is 0 Å². The zero-order chi connectivity index (χ0) is 15.0. The van der Waals surface area contributed by atoms with Crippen LogP contribution in [0.4, 0.5) is 0 Å². The molecule has 0 aliphatic rings. The van der Waals surface area contributed by atoms with Crippen LogP contribution >= 0.6 is 0 Å². The van der Waals surface area contributed by atoms with Crippen molar-refractivity contribution in [1.29, 1.82) is 0 Å². The minimum atomic E-state index is 0.659. The van der Waals surface area contributed by atoms with Gasteiger partial charge in [-0.1, -0.05) is 19.9 Å². The number of ether oxygens (including phenoxy) is 2. The highest BCUT2D eigenvalue weighted by atomic mass is 16.5. The second kappa shape index (κ2) is 8.82. The summed E-state index contributed by atoms with van der Waals surface area (Å²) in [5.74, 6) is 2.23. The zero-order valence-electron chi connectivity index (χ0n) is 13.2. The number of methoxy groups -OCH3 is 2. The van der Waals surface area contributed by atoms with Crippen molar-refractivity contribution in [3.63, 3.8) is 0 Å². The average Bonchev–Trinajstić information content (AvgIpc) is 2.44. The van der Waals surface area contributed by atoms with E-state index in [1.54, 1.807) is 14.2 Å². The van der Waals surface area contributed by atoms with Gasteiger partial charge in [-0.05, 0) is 30.0 Å². The molecule has 1 rings (SSSR count). The minimum Gasteiger partial charge on any atom is -0.493 e. The lowest BCUT2D eigenvalue weighted by Gasteiger charge is -2.23. The molecule has 0 aliphatic carbocycles. The maximum atomic E-state index is 5.68. The molecule has 0 unspecified atom stereocenters. The summed E-state index contributed by atoms with van der Waals surface area (Å²) in [5, 5.41) is 0. The van der Waals surface area contributed by atoms with Crippen LogP contribution < -0.4 is 15.2 Å². The van der Waals surface area contributed by atoms with Crippen LogP contribution in [0, 0.1) is 5.92 Å². The number of nitrogens with zero attached hydrogens (tertiary/aromatic N) is 1. The Hall–Kier alpha value is -1.26. The number of hydrogen-bond donors (Lipinski definition) is 1. The summed E-state index contributed by atoms with van der Waals surface area (Å²) < 4.78 is 10.6. The maximum Gasteiger partial charge on any atom is 0.160 e. The molecule has 0 aliphatic heterocycles. The lowest BCUT2D eigenvalue weighted by Crippen LogP contribution is -2.34. The molecule has 0 heterocycles. The molecule has 0 amide bonds. The Bertz CT molecular complexity index is 394. The molecule has 0 bridgehead atoms. The third-order valence-corrected chi connectivity index (χ3v) is 3.23. The van der Waals surface area contributed by atoms with Gasteiger partial charge in [-0.15, -0.1) is 0 Å². The van der Waals surface area contributed by atoms with Gasteiger partial charge in [0.05, 0.1) is 14.2 Å². The molecule has 0 aromatic heterocycles. The molecule has 0 saturated carbocycles. The molecule has 2 N–H and O–H groups in total. The fourth-order valence-electron chi connectivity index (χ4n) is 2.32. The molecule has 20 heavy (non-hydrogen) atoms. The highest BCUT2D eigenvalue weighted by Crippen LogP contribution is 2.27. The van der Waals surface area contributed by atoms with E-state index >= 15 is 0 Å². The Morgan fingerprint density at radius 1 is 1.10 bits per heavy atom. The van der Waals surface area contributed by atoms with Gasteiger partial charge in [0.15, 0.2) is 11.5 Å². The van der Waals surface area contributed by atoms with Gasteiger partial charge >= 0.3 is 0 Å². The summed E-state index contributed by atoms with van der Waals surface area (Å²) in [7, 11) is 3.32. The second-order valence-electron chi connectivity index (χ2n) is 5.42. The lowest BCUT2D eigenvalue weighted by molar-refractivity contribution is 0.253. The van der Waals surface area contributed by atoms with Crippen molar-refractivity contribution in [3.8, 4) is 11.5 Å². The Labute approximate surface area is 122 Å². The van der Waals surface area contributed by atoms with Crippen LogP contribution in [0.15, 0.2) is 18.2 Å². The third-order valence-electron chi connectivity index (χ3n) is 3.23. The Balaban J connectivity index is 2.62. The van der Waals surface area contributed by atoms with Crippen molar-refractivity contribution >= 4 is 0 Å². The third kappa shape index (κ3) is 5.39. The first kappa shape index (κ1) is 16.8. The molecule has 0 fully saturated rings. The summed E-state index contributed by atoms with van der Waals surface area (Å²) in [5.41, 5.74) is 6.94. The maximum absolute atomic E-state index is 5.68. The molecule has 1 aromatic rings. The number of nitrogens with two attached hydrogens (primary N) is 1. The standard InChI is InChI=1S/C16H28N2O2/c1-13(2)12-18(10-8-17)9-7-14-5-6-15(19-3)16(11-14)20-4/h5-6,11,13H,7-10,12,17H2,1-4H3. The van der Waals surface area contributed by atoms with Gasteiger partial charge in [0.25, 0.3) is 0 Å². The average molecular weight is 280 g/mol. The molecule has 4 heteroatoms. The SMILES string of the molecule is COc1ccc(CCN(CCN)CC(C)C)cc1OC. The fourth-order valence-corrected chi connectivity index (χ4v) is 2.32. The van der Waals surface area contributed by atoms with E-state index in [0.29, 0.717) is 12.5 Å². The smallest absolute Gasteiger partial charge is 0.160 e. The van der Waals surface area contributed by atoms with Gasteiger partial charge in [-0.3, -0.25) is 0 Å². The van der Waals surface area contributed by atoms with Crippen molar-refractivity contribution < 1.29 is 9.47 Å². The van der Waals surface area contributed by atoms with Gasteiger partial charge in [0.2, 0.25) is 0 Å². The van der Waals surface area contributed by atoms with Crippen molar-refractivity contribution in [2.75, 3.05) is 40.4 Å². The first-order chi connectivity index (χ1) is 9.60. The lowest BCUT2D eigenvalue weighted by atomic mass is 10.1. The van der Waals surface area contributed by atoms with Crippen LogP contribution in [0.25, 0.3) is 0 Å². The van der Waals surface area contributed by atoms with Crippen molar-refractivity contribution in [1.82, 2.24) is 4.90 Å². The highest BCUT2D eigenvalue weighted by Gasteiger charge is 2.09. The van der Waals surface area contributed by atoms with E-state index in [1.165, 1.54) is 5.56 Å². The Morgan fingerprint density at radius 2 is 1.80 bits per heavy atom. The molecular formula is C16H28N2O2. The van der Waals surface area contributed by atoms with Crippen LogP contribution in [-0.2, 0) is 6.42 Å². The number of rotatable bonds is 9. The fraction of sp³-hybridized carbons (Fsp3) is 0.625. The molecule has 0 radical (unpaired) electrons. The number of hydrogen-bond acceptors (Lipinski definition) is 4. The van der Waals surface area contributed by atoms with E-state index in [4.69, 9.17) is 15.2 Å². The Morgan fingerprint density at radius 3 is 2.35 bits per heavy atom. The molecule has 0 spiro atoms. The first-order valence-corrected chi connectivity index (χ1v) is 7.24. The van der Waals surface area contributed by atoms with E-state index < -0.39 is 0 Å². The van der Waals surface area contributed by atoms with Crippen molar-refractivity contribution in [3.05, 3.63) is 23.8 Å². The van der Waals surface area contributed by atoms with Gasteiger partial charge in [-0.25, -0.2) is 0 Å². The number of benzene rings is 1. The van der Waals surface area contributed by atoms with Gasteiger partial charge in [0, 0.05) is 26.2 Å². The van der Waals surface area contributed by atoms with Gasteiger partial charge < -0.3 is 20.1 Å². The second-order valence-corrected chi connectivity index (χ2v) is 5.42. The van der Waals surface area contributed by atoms with E-state index in [-0.39, 0.29) is 0 Å². The summed E-state index contributed by atoms with van der Waals surface area (Å²) in [6.07, 6.45) is 0.993. The van der Waals surface area contributed by atoms with Crippen LogP contribution in [-0.4, -0.2) is 45.3 Å². The molecular weight excluding hydrogens is 252 g/mol. The first-order valence-electron chi connectivity index (χ1n) is 7.24. The quantitative estimate of drug-likeness (QED) is 0.753. The molecule has 1 aromatic carbocycles. The van der Waals surface area contributed by atoms with Crippen LogP contribution in [0.1, 0.15) is 19.4 Å². The van der Waals surface area contributed by atoms with Gasteiger partial charge in [-0.2, -0.15) is 0 Å². The predicted octanol–water partition coefficient (Wildman–Crippen LogP) is 2.16. The zero-order valence-corrected chi connectivity index (χ0v) is 13.2. The Kier molecular flexibility index (Phi) is 7.41. The van der Waals surface area contributed by atoms with Crippen LogP contribution in [0.5, 0.6) is 11.5 Å². The highest BCUT2D eigenvalue weighted by molar-refractivity contribution is 5.42. The largest absolute Gasteiger partial charge is 0.493 e. The summed E-state index contributed by atoms with van der Waals surface area (Å²) in [4.78, 5) is 2.42. The summed E-state index contributed by atoms with van der Waals surface area (Å²) >= 11 is 0. The van der Waals surface area contributed by atoms with E-state index in [2.05, 4.69) is 30.9 Å². The predicted molar refractivity (Wildman–Crippen MR) is 83.6 cm³/mol. The van der Waals surface area contributed by atoms with Crippen molar-refractivity contribution in [2.45, 2.75) is 20.3 Å². The molecule has 0 atom stereocenters. The molecule has 114 valence electrons. The van der Waals surface area contributed by atoms with E-state index in [1.807, 2.05) is 6.07 Å². The summed E-state index contributed by atoms with van der Waals surface area (Å²) in [6.45, 7) is 8.24. The van der Waals surface area contributed by atoms with Crippen molar-refractivity contribution in [2.24, 2.45) is 11.7 Å². The van der Waals surface area contributed by atoms with Crippen LogP contribution in [0.2, 0.25) is 0 Å². The molecule has 4 nitrogen and oxygen atoms in total. The monoisotopic (exact) mass is 280 g/mol. The summed E-state index contributed by atoms with van der Waals surface area (Å²) in [6, 6.07) is 6.11. The van der Waals surface area contributed by atoms with Crippen LogP contribution in [0.3, 0.4) is 0 Å². The topological polar surface area (TPSA) is 47.7 Å². The van der Waals surface area contributed by atoms with Gasteiger partial charge in [0.1, 0.15) is 0 Å². The van der Waals surface area contributed by atoms with E-state index in [0.717, 1.165) is 37.6 Å². The normalized spacial score (nSPS) is 11.2. The minimum absolute atomic E-state index is 0.659. The molecule has 0 saturated heterocycles.